The summed E-state index contributed by atoms with van der Waals surface area (Å²) in [6.07, 6.45) is 0. The summed E-state index contributed by atoms with van der Waals surface area (Å²) in [7, 11) is 4.01. The molecule has 0 aromatic carbocycles. The van der Waals surface area contributed by atoms with E-state index in [1.54, 1.807) is 0 Å². The normalized spacial score (nSPS) is 11.2. The largest absolute Gasteiger partial charge is 0.480 e. The molecule has 0 radical (unpaired) electrons. The van der Waals surface area contributed by atoms with Crippen molar-refractivity contribution >= 4 is 11.9 Å². The van der Waals surface area contributed by atoms with E-state index in [0.29, 0.717) is 85.8 Å². The summed E-state index contributed by atoms with van der Waals surface area (Å²) in [6, 6.07) is 0. The standard InChI is InChI=1S/C20H40N2O10/c1-22(2)4-6-27-8-10-29-12-14-31-16-15-30-13-11-28-9-7-26-5-3-21-19(23)17-32-18-20(24)25/h3-18H2,1-2H3,(H,21,23)(H,24,25). The first-order valence-corrected chi connectivity index (χ1v) is 10.7. The van der Waals surface area contributed by atoms with Crippen LogP contribution in [0.2, 0.25) is 0 Å². The molecule has 190 valence electrons. The van der Waals surface area contributed by atoms with Gasteiger partial charge in [0.15, 0.2) is 0 Å². The smallest absolute Gasteiger partial charge is 0.329 e. The van der Waals surface area contributed by atoms with Gasteiger partial charge in [-0.25, -0.2) is 4.79 Å². The fourth-order valence-corrected chi connectivity index (χ4v) is 1.99. The third-order valence-electron chi connectivity index (χ3n) is 3.57. The minimum absolute atomic E-state index is 0.291. The van der Waals surface area contributed by atoms with E-state index in [2.05, 4.69) is 15.0 Å². The second-order valence-corrected chi connectivity index (χ2v) is 6.71. The van der Waals surface area contributed by atoms with Crippen LogP contribution in [0.4, 0.5) is 0 Å². The summed E-state index contributed by atoms with van der Waals surface area (Å²) in [5, 5.41) is 10.9. The predicted octanol–water partition coefficient (Wildman–Crippen LogP) is -1.13. The van der Waals surface area contributed by atoms with Gasteiger partial charge in [-0.1, -0.05) is 0 Å². The molecule has 0 bridgehead atoms. The van der Waals surface area contributed by atoms with Crippen LogP contribution in [0, 0.1) is 0 Å². The van der Waals surface area contributed by atoms with Crippen molar-refractivity contribution in [2.24, 2.45) is 0 Å². The zero-order valence-electron chi connectivity index (χ0n) is 19.4. The fourth-order valence-electron chi connectivity index (χ4n) is 1.99. The molecular formula is C20H40N2O10. The van der Waals surface area contributed by atoms with E-state index in [1.165, 1.54) is 0 Å². The number of carboxylic acids is 1. The number of likely N-dealkylation sites (N-methyl/N-ethyl adjacent to an activating group) is 1. The first-order chi connectivity index (χ1) is 15.5. The molecule has 0 aromatic rings. The number of aliphatic carboxylic acids is 1. The van der Waals surface area contributed by atoms with Crippen molar-refractivity contribution in [3.05, 3.63) is 0 Å². The van der Waals surface area contributed by atoms with Gasteiger partial charge in [0.25, 0.3) is 0 Å². The van der Waals surface area contributed by atoms with Crippen LogP contribution in [0.1, 0.15) is 0 Å². The molecule has 0 aliphatic rings. The van der Waals surface area contributed by atoms with Gasteiger partial charge in [-0.3, -0.25) is 4.79 Å². The maximum atomic E-state index is 11.3. The van der Waals surface area contributed by atoms with Crippen LogP contribution in [-0.2, 0) is 42.7 Å². The number of amides is 1. The molecule has 0 saturated carbocycles. The quantitative estimate of drug-likeness (QED) is 0.158. The Morgan fingerprint density at radius 3 is 1.44 bits per heavy atom. The average molecular weight is 469 g/mol. The van der Waals surface area contributed by atoms with Gasteiger partial charge < -0.3 is 48.5 Å². The van der Waals surface area contributed by atoms with Gasteiger partial charge in [0, 0.05) is 13.1 Å². The van der Waals surface area contributed by atoms with Crippen LogP contribution in [0.25, 0.3) is 0 Å². The van der Waals surface area contributed by atoms with Gasteiger partial charge in [0.1, 0.15) is 13.2 Å². The molecule has 0 aromatic heterocycles. The molecule has 32 heavy (non-hydrogen) atoms. The van der Waals surface area contributed by atoms with Crippen LogP contribution in [0.5, 0.6) is 0 Å². The molecule has 12 heteroatoms. The van der Waals surface area contributed by atoms with Crippen molar-refractivity contribution < 1.29 is 47.9 Å². The van der Waals surface area contributed by atoms with E-state index in [-0.39, 0.29) is 12.5 Å². The third-order valence-corrected chi connectivity index (χ3v) is 3.57. The van der Waals surface area contributed by atoms with E-state index >= 15 is 0 Å². The lowest BCUT2D eigenvalue weighted by Gasteiger charge is -2.10. The minimum atomic E-state index is -1.12. The first kappa shape index (κ1) is 30.6. The summed E-state index contributed by atoms with van der Waals surface area (Å²) in [5.41, 5.74) is 0. The predicted molar refractivity (Wildman–Crippen MR) is 115 cm³/mol. The number of hydrogen-bond acceptors (Lipinski definition) is 10. The molecule has 0 aliphatic carbocycles. The molecule has 0 aliphatic heterocycles. The molecular weight excluding hydrogens is 428 g/mol. The Bertz CT molecular complexity index is 441. The number of rotatable bonds is 25. The monoisotopic (exact) mass is 468 g/mol. The van der Waals surface area contributed by atoms with E-state index in [4.69, 9.17) is 33.5 Å². The lowest BCUT2D eigenvalue weighted by Crippen LogP contribution is -2.31. The maximum absolute atomic E-state index is 11.3. The number of carbonyl (C=O) groups excluding carboxylic acids is 1. The summed E-state index contributed by atoms with van der Waals surface area (Å²) in [4.78, 5) is 23.6. The van der Waals surface area contributed by atoms with Gasteiger partial charge in [-0.05, 0) is 14.1 Å². The fraction of sp³-hybridized carbons (Fsp3) is 0.900. The van der Waals surface area contributed by atoms with E-state index in [0.717, 1.165) is 6.54 Å². The van der Waals surface area contributed by atoms with Crippen molar-refractivity contribution in [2.75, 3.05) is 120 Å². The molecule has 12 nitrogen and oxygen atoms in total. The molecule has 0 atom stereocenters. The van der Waals surface area contributed by atoms with Crippen LogP contribution < -0.4 is 5.32 Å². The molecule has 2 N–H and O–H groups in total. The van der Waals surface area contributed by atoms with E-state index < -0.39 is 12.6 Å². The maximum Gasteiger partial charge on any atom is 0.329 e. The summed E-state index contributed by atoms with van der Waals surface area (Å²) >= 11 is 0. The number of carboxylic acid groups (broad SMARTS) is 1. The van der Waals surface area contributed by atoms with Crippen molar-refractivity contribution in [3.8, 4) is 0 Å². The van der Waals surface area contributed by atoms with Gasteiger partial charge >= 0.3 is 5.97 Å². The van der Waals surface area contributed by atoms with Crippen LogP contribution >= 0.6 is 0 Å². The Morgan fingerprint density at radius 1 is 0.625 bits per heavy atom. The van der Waals surface area contributed by atoms with E-state index in [1.807, 2.05) is 14.1 Å². The van der Waals surface area contributed by atoms with Crippen LogP contribution in [0.3, 0.4) is 0 Å². The Labute approximate surface area is 190 Å². The Hall–Kier alpha value is -1.38. The van der Waals surface area contributed by atoms with Crippen molar-refractivity contribution in [3.63, 3.8) is 0 Å². The third kappa shape index (κ3) is 26.7. The van der Waals surface area contributed by atoms with E-state index in [9.17, 15) is 9.59 Å². The molecule has 0 saturated heterocycles. The second-order valence-electron chi connectivity index (χ2n) is 6.71. The second kappa shape index (κ2) is 24.3. The average Bonchev–Trinajstić information content (AvgIpc) is 2.74. The molecule has 1 amide bonds. The van der Waals surface area contributed by atoms with Crippen LogP contribution in [-0.4, -0.2) is 142 Å². The highest BCUT2D eigenvalue weighted by atomic mass is 16.6. The van der Waals surface area contributed by atoms with Crippen LogP contribution in [0.15, 0.2) is 0 Å². The first-order valence-electron chi connectivity index (χ1n) is 10.7. The Kier molecular flexibility index (Phi) is 23.2. The Balaban J connectivity index is 3.10. The zero-order chi connectivity index (χ0) is 23.7. The number of hydrogen-bond donors (Lipinski definition) is 2. The molecule has 0 spiro atoms. The Morgan fingerprint density at radius 2 is 1.03 bits per heavy atom. The highest BCUT2D eigenvalue weighted by Crippen LogP contribution is 1.85. The van der Waals surface area contributed by atoms with Gasteiger partial charge in [0.2, 0.25) is 5.91 Å². The van der Waals surface area contributed by atoms with Crippen molar-refractivity contribution in [2.45, 2.75) is 0 Å². The summed E-state index contributed by atoms with van der Waals surface area (Å²) in [6.45, 7) is 6.39. The van der Waals surface area contributed by atoms with Gasteiger partial charge in [0.05, 0.1) is 79.3 Å². The highest BCUT2D eigenvalue weighted by molar-refractivity contribution is 5.77. The zero-order valence-corrected chi connectivity index (χ0v) is 19.4. The molecule has 0 rings (SSSR count). The number of carbonyl (C=O) groups is 2. The van der Waals surface area contributed by atoms with Gasteiger partial charge in [-0.15, -0.1) is 0 Å². The van der Waals surface area contributed by atoms with Crippen molar-refractivity contribution in [1.29, 1.82) is 0 Å². The van der Waals surface area contributed by atoms with Gasteiger partial charge in [-0.2, -0.15) is 0 Å². The molecule has 0 fully saturated rings. The SMILES string of the molecule is CN(C)CCOCCOCCOCCOCCOCCOCCNC(=O)COCC(=O)O. The minimum Gasteiger partial charge on any atom is -0.480 e. The number of nitrogens with one attached hydrogen (secondary N) is 1. The molecule has 0 unspecified atom stereocenters. The number of nitrogens with zero attached hydrogens (tertiary/aromatic N) is 1. The van der Waals surface area contributed by atoms with Crippen molar-refractivity contribution in [1.82, 2.24) is 10.2 Å². The number of ether oxygens (including phenoxy) is 7. The lowest BCUT2D eigenvalue weighted by molar-refractivity contribution is -0.143. The topological polar surface area (TPSA) is 134 Å². The highest BCUT2D eigenvalue weighted by Gasteiger charge is 2.03. The lowest BCUT2D eigenvalue weighted by atomic mass is 10.6. The summed E-state index contributed by atoms with van der Waals surface area (Å²) in [5.74, 6) is -1.50. The molecule has 0 heterocycles. The summed E-state index contributed by atoms with van der Waals surface area (Å²) < 4.78 is 36.9.